The Morgan fingerprint density at radius 3 is 1.92 bits per heavy atom. The Hall–Kier alpha value is -1.19. The van der Waals surface area contributed by atoms with Crippen LogP contribution in [-0.2, 0) is 12.6 Å². The van der Waals surface area contributed by atoms with Crippen molar-refractivity contribution in [3.63, 3.8) is 0 Å². The lowest BCUT2D eigenvalue weighted by Crippen LogP contribution is -2.36. The highest BCUT2D eigenvalue weighted by Crippen LogP contribution is 2.14. The van der Waals surface area contributed by atoms with Crippen molar-refractivity contribution < 1.29 is 0 Å². The van der Waals surface area contributed by atoms with E-state index in [1.807, 2.05) is 34.7 Å². The first-order valence-electron chi connectivity index (χ1n) is 4.31. The molecule has 1 heterocycles. The smallest absolute Gasteiger partial charge is 0.290 e. The molecule has 2 N–H and O–H groups in total. The third-order valence-electron chi connectivity index (χ3n) is 2.23. The minimum atomic E-state index is -0.228. The van der Waals surface area contributed by atoms with E-state index in [9.17, 15) is 4.79 Å². The van der Waals surface area contributed by atoms with Crippen molar-refractivity contribution in [1.82, 2.24) is 9.36 Å². The van der Waals surface area contributed by atoms with Gasteiger partial charge in [0, 0.05) is 7.05 Å². The Kier molecular flexibility index (Phi) is 2.02. The SMILES string of the molecule is Cc1c(N)c(=O)n(C(C)(C)C)n1C. The Labute approximate surface area is 77.9 Å². The normalized spacial score (nSPS) is 12.1. The molecule has 0 aromatic carbocycles. The molecule has 13 heavy (non-hydrogen) atoms. The summed E-state index contributed by atoms with van der Waals surface area (Å²) in [6, 6.07) is 0. The molecule has 0 aliphatic heterocycles. The molecule has 1 aromatic rings. The van der Waals surface area contributed by atoms with Gasteiger partial charge in [-0.2, -0.15) is 0 Å². The van der Waals surface area contributed by atoms with Gasteiger partial charge in [-0.15, -0.1) is 0 Å². The van der Waals surface area contributed by atoms with Crippen molar-refractivity contribution in [2.45, 2.75) is 33.2 Å². The van der Waals surface area contributed by atoms with Crippen molar-refractivity contribution >= 4 is 5.69 Å². The monoisotopic (exact) mass is 183 g/mol. The molecule has 0 saturated heterocycles. The average Bonchev–Trinajstić information content (AvgIpc) is 2.14. The number of nitrogen functional groups attached to an aromatic ring is 1. The van der Waals surface area contributed by atoms with Crippen molar-refractivity contribution in [3.8, 4) is 0 Å². The molecule has 0 unspecified atom stereocenters. The lowest BCUT2D eigenvalue weighted by Gasteiger charge is -2.22. The van der Waals surface area contributed by atoms with Gasteiger partial charge in [0.05, 0.1) is 11.2 Å². The molecule has 0 atom stereocenters. The van der Waals surface area contributed by atoms with Gasteiger partial charge in [-0.25, -0.2) is 4.68 Å². The highest BCUT2D eigenvalue weighted by Gasteiger charge is 2.21. The standard InChI is InChI=1S/C9H17N3O/c1-6-7(10)8(13)12(11(6)5)9(2,3)4/h10H2,1-5H3. The van der Waals surface area contributed by atoms with Crippen LogP contribution in [0.25, 0.3) is 0 Å². The Bertz CT molecular complexity index is 379. The lowest BCUT2D eigenvalue weighted by molar-refractivity contribution is 0.299. The van der Waals surface area contributed by atoms with Gasteiger partial charge >= 0.3 is 0 Å². The molecule has 4 heteroatoms. The average molecular weight is 183 g/mol. The molecule has 0 aliphatic carbocycles. The van der Waals surface area contributed by atoms with Crippen molar-refractivity contribution in [2.75, 3.05) is 5.73 Å². The summed E-state index contributed by atoms with van der Waals surface area (Å²) >= 11 is 0. The number of rotatable bonds is 0. The molecule has 0 radical (unpaired) electrons. The highest BCUT2D eigenvalue weighted by atomic mass is 16.1. The molecule has 0 fully saturated rings. The second kappa shape index (κ2) is 2.65. The summed E-state index contributed by atoms with van der Waals surface area (Å²) in [6.45, 7) is 7.78. The summed E-state index contributed by atoms with van der Waals surface area (Å²) in [6.07, 6.45) is 0. The van der Waals surface area contributed by atoms with Crippen LogP contribution in [0.2, 0.25) is 0 Å². The van der Waals surface area contributed by atoms with Crippen LogP contribution in [-0.4, -0.2) is 9.36 Å². The molecular formula is C9H17N3O. The van der Waals surface area contributed by atoms with E-state index in [2.05, 4.69) is 0 Å². The van der Waals surface area contributed by atoms with Crippen molar-refractivity contribution in [3.05, 3.63) is 16.0 Å². The number of nitrogens with two attached hydrogens (primary N) is 1. The van der Waals surface area contributed by atoms with E-state index in [1.54, 1.807) is 9.36 Å². The first kappa shape index (κ1) is 9.89. The summed E-state index contributed by atoms with van der Waals surface area (Å²) in [7, 11) is 1.85. The number of nitrogens with zero attached hydrogens (tertiary/aromatic N) is 2. The summed E-state index contributed by atoms with van der Waals surface area (Å²) < 4.78 is 3.47. The molecule has 74 valence electrons. The Balaban J connectivity index is 3.57. The Morgan fingerprint density at radius 1 is 1.31 bits per heavy atom. The fourth-order valence-corrected chi connectivity index (χ4v) is 1.48. The zero-order chi connectivity index (χ0) is 10.4. The largest absolute Gasteiger partial charge is 0.393 e. The van der Waals surface area contributed by atoms with Crippen LogP contribution in [0.3, 0.4) is 0 Å². The van der Waals surface area contributed by atoms with E-state index >= 15 is 0 Å². The van der Waals surface area contributed by atoms with Crippen LogP contribution >= 0.6 is 0 Å². The van der Waals surface area contributed by atoms with Crippen LogP contribution < -0.4 is 11.3 Å². The first-order chi connectivity index (χ1) is 5.76. The zero-order valence-electron chi connectivity index (χ0n) is 8.88. The molecule has 0 aliphatic rings. The van der Waals surface area contributed by atoms with Crippen molar-refractivity contribution in [2.24, 2.45) is 7.05 Å². The highest BCUT2D eigenvalue weighted by molar-refractivity contribution is 5.40. The molecule has 0 amide bonds. The minimum absolute atomic E-state index is 0.104. The van der Waals surface area contributed by atoms with Gasteiger partial charge in [0.2, 0.25) is 0 Å². The zero-order valence-corrected chi connectivity index (χ0v) is 8.88. The maximum atomic E-state index is 11.7. The molecule has 1 rings (SSSR count). The molecule has 1 aromatic heterocycles. The predicted octanol–water partition coefficient (Wildman–Crippen LogP) is 0.832. The molecule has 0 spiro atoms. The quantitative estimate of drug-likeness (QED) is 0.647. The van der Waals surface area contributed by atoms with Crippen LogP contribution in [0.1, 0.15) is 26.5 Å². The number of hydrogen-bond acceptors (Lipinski definition) is 2. The fourth-order valence-electron chi connectivity index (χ4n) is 1.48. The molecular weight excluding hydrogens is 166 g/mol. The third-order valence-corrected chi connectivity index (χ3v) is 2.23. The van der Waals surface area contributed by atoms with Gasteiger partial charge in [0.25, 0.3) is 5.56 Å². The molecule has 0 bridgehead atoms. The van der Waals surface area contributed by atoms with Gasteiger partial charge in [0.15, 0.2) is 0 Å². The van der Waals surface area contributed by atoms with E-state index in [1.165, 1.54) is 0 Å². The topological polar surface area (TPSA) is 53.0 Å². The maximum absolute atomic E-state index is 11.7. The van der Waals surface area contributed by atoms with Gasteiger partial charge in [-0.05, 0) is 27.7 Å². The number of hydrogen-bond donors (Lipinski definition) is 1. The summed E-state index contributed by atoms with van der Waals surface area (Å²) in [5.74, 6) is 0. The summed E-state index contributed by atoms with van der Waals surface area (Å²) in [5.41, 5.74) is 6.48. The van der Waals surface area contributed by atoms with Gasteiger partial charge in [-0.3, -0.25) is 9.48 Å². The van der Waals surface area contributed by atoms with E-state index in [4.69, 9.17) is 5.73 Å². The van der Waals surface area contributed by atoms with Crippen LogP contribution in [0.15, 0.2) is 4.79 Å². The van der Waals surface area contributed by atoms with E-state index in [-0.39, 0.29) is 11.1 Å². The Morgan fingerprint density at radius 2 is 1.77 bits per heavy atom. The predicted molar refractivity (Wildman–Crippen MR) is 53.8 cm³/mol. The fraction of sp³-hybridized carbons (Fsp3) is 0.667. The molecule has 0 saturated carbocycles. The number of anilines is 1. The van der Waals surface area contributed by atoms with E-state index in [0.717, 1.165) is 5.69 Å². The first-order valence-corrected chi connectivity index (χ1v) is 4.31. The van der Waals surface area contributed by atoms with E-state index < -0.39 is 0 Å². The second-order valence-corrected chi connectivity index (χ2v) is 4.31. The van der Waals surface area contributed by atoms with Gasteiger partial charge in [-0.1, -0.05) is 0 Å². The maximum Gasteiger partial charge on any atom is 0.290 e. The van der Waals surface area contributed by atoms with Crippen LogP contribution in [0, 0.1) is 6.92 Å². The van der Waals surface area contributed by atoms with Crippen molar-refractivity contribution in [1.29, 1.82) is 0 Å². The van der Waals surface area contributed by atoms with Crippen LogP contribution in [0.4, 0.5) is 5.69 Å². The van der Waals surface area contributed by atoms with E-state index in [0.29, 0.717) is 5.69 Å². The van der Waals surface area contributed by atoms with Gasteiger partial charge < -0.3 is 5.73 Å². The third kappa shape index (κ3) is 1.36. The summed E-state index contributed by atoms with van der Waals surface area (Å²) in [4.78, 5) is 11.7. The summed E-state index contributed by atoms with van der Waals surface area (Å²) in [5, 5.41) is 0. The minimum Gasteiger partial charge on any atom is -0.393 e. The molecule has 4 nitrogen and oxygen atoms in total. The van der Waals surface area contributed by atoms with Gasteiger partial charge in [0.1, 0.15) is 5.69 Å². The lowest BCUT2D eigenvalue weighted by atomic mass is 10.1. The number of aromatic nitrogens is 2. The second-order valence-electron chi connectivity index (χ2n) is 4.31. The van der Waals surface area contributed by atoms with Crippen LogP contribution in [0.5, 0.6) is 0 Å².